The Bertz CT molecular complexity index is 428. The van der Waals surface area contributed by atoms with Crippen molar-refractivity contribution in [1.29, 1.82) is 0 Å². The Balaban J connectivity index is 3.10. The van der Waals surface area contributed by atoms with Gasteiger partial charge in [-0.25, -0.2) is 4.98 Å². The second-order valence-electron chi connectivity index (χ2n) is 2.94. The fourth-order valence-corrected chi connectivity index (χ4v) is 1.79. The van der Waals surface area contributed by atoms with E-state index in [4.69, 9.17) is 5.11 Å². The van der Waals surface area contributed by atoms with Crippen molar-refractivity contribution in [2.75, 3.05) is 5.75 Å². The minimum absolute atomic E-state index is 0.225. The van der Waals surface area contributed by atoms with E-state index in [2.05, 4.69) is 9.97 Å². The molecule has 0 amide bonds. The SMILES string of the molecule is CCSc1nc(C)c(CC(=O)O)c(=O)[nH]1. The van der Waals surface area contributed by atoms with Gasteiger partial charge in [-0.3, -0.25) is 9.59 Å². The number of aromatic amines is 1. The van der Waals surface area contributed by atoms with Gasteiger partial charge in [-0.15, -0.1) is 0 Å². The van der Waals surface area contributed by atoms with E-state index in [1.807, 2.05) is 6.92 Å². The molecule has 0 unspecified atom stereocenters. The lowest BCUT2D eigenvalue weighted by Gasteiger charge is -2.03. The molecule has 5 nitrogen and oxygen atoms in total. The molecule has 0 saturated heterocycles. The Hall–Kier alpha value is -1.30. The molecule has 0 aliphatic heterocycles. The first kappa shape index (κ1) is 11.8. The van der Waals surface area contributed by atoms with Crippen LogP contribution in [0.25, 0.3) is 0 Å². The lowest BCUT2D eigenvalue weighted by atomic mass is 10.2. The van der Waals surface area contributed by atoms with Crippen LogP contribution < -0.4 is 5.56 Å². The molecule has 2 N–H and O–H groups in total. The van der Waals surface area contributed by atoms with Crippen molar-refractivity contribution in [1.82, 2.24) is 9.97 Å². The van der Waals surface area contributed by atoms with Crippen LogP contribution in [0.1, 0.15) is 18.2 Å². The normalized spacial score (nSPS) is 10.3. The number of carboxylic acids is 1. The van der Waals surface area contributed by atoms with E-state index >= 15 is 0 Å². The predicted molar refractivity (Wildman–Crippen MR) is 57.3 cm³/mol. The third-order valence-corrected chi connectivity index (χ3v) is 2.57. The first-order valence-electron chi connectivity index (χ1n) is 4.49. The molecule has 0 radical (unpaired) electrons. The average Bonchev–Trinajstić information content (AvgIpc) is 2.11. The van der Waals surface area contributed by atoms with Crippen LogP contribution in [0.2, 0.25) is 0 Å². The van der Waals surface area contributed by atoms with E-state index in [9.17, 15) is 9.59 Å². The topological polar surface area (TPSA) is 83.0 Å². The van der Waals surface area contributed by atoms with Crippen LogP contribution in [0.15, 0.2) is 9.95 Å². The lowest BCUT2D eigenvalue weighted by molar-refractivity contribution is -0.136. The van der Waals surface area contributed by atoms with Gasteiger partial charge in [0.1, 0.15) is 0 Å². The van der Waals surface area contributed by atoms with Crippen molar-refractivity contribution in [3.63, 3.8) is 0 Å². The standard InChI is InChI=1S/C9H12N2O3S/c1-3-15-9-10-5(2)6(4-7(12)13)8(14)11-9/h3-4H2,1-2H3,(H,12,13)(H,10,11,14). The molecule has 1 aromatic heterocycles. The molecular weight excluding hydrogens is 216 g/mol. The van der Waals surface area contributed by atoms with Crippen molar-refractivity contribution in [2.24, 2.45) is 0 Å². The zero-order chi connectivity index (χ0) is 11.4. The molecule has 0 spiro atoms. The monoisotopic (exact) mass is 228 g/mol. The number of aromatic nitrogens is 2. The average molecular weight is 228 g/mol. The minimum Gasteiger partial charge on any atom is -0.481 e. The third kappa shape index (κ3) is 3.09. The molecule has 0 aromatic carbocycles. The molecule has 0 atom stereocenters. The van der Waals surface area contributed by atoms with Crippen molar-refractivity contribution >= 4 is 17.7 Å². The Morgan fingerprint density at radius 1 is 1.60 bits per heavy atom. The molecule has 15 heavy (non-hydrogen) atoms. The highest BCUT2D eigenvalue weighted by Gasteiger charge is 2.11. The van der Waals surface area contributed by atoms with Crippen molar-refractivity contribution in [3.8, 4) is 0 Å². The van der Waals surface area contributed by atoms with Gasteiger partial charge < -0.3 is 10.1 Å². The molecule has 0 fully saturated rings. The summed E-state index contributed by atoms with van der Waals surface area (Å²) in [6.07, 6.45) is -0.286. The number of rotatable bonds is 4. The van der Waals surface area contributed by atoms with Crippen LogP contribution in [-0.4, -0.2) is 26.8 Å². The van der Waals surface area contributed by atoms with Crippen molar-refractivity contribution < 1.29 is 9.90 Å². The highest BCUT2D eigenvalue weighted by molar-refractivity contribution is 7.99. The van der Waals surface area contributed by atoms with Gasteiger partial charge in [0.2, 0.25) is 0 Å². The van der Waals surface area contributed by atoms with E-state index < -0.39 is 5.97 Å². The number of aryl methyl sites for hydroxylation is 1. The van der Waals surface area contributed by atoms with E-state index in [1.165, 1.54) is 11.8 Å². The van der Waals surface area contributed by atoms with Gasteiger partial charge in [-0.1, -0.05) is 18.7 Å². The van der Waals surface area contributed by atoms with E-state index in [1.54, 1.807) is 6.92 Å². The number of carboxylic acid groups (broad SMARTS) is 1. The smallest absolute Gasteiger partial charge is 0.308 e. The summed E-state index contributed by atoms with van der Waals surface area (Å²) in [4.78, 5) is 28.7. The predicted octanol–water partition coefficient (Wildman–Crippen LogP) is 0.817. The highest BCUT2D eigenvalue weighted by atomic mass is 32.2. The number of thioether (sulfide) groups is 1. The van der Waals surface area contributed by atoms with Crippen LogP contribution in [0, 0.1) is 6.92 Å². The largest absolute Gasteiger partial charge is 0.481 e. The van der Waals surface area contributed by atoms with Crippen molar-refractivity contribution in [2.45, 2.75) is 25.4 Å². The quantitative estimate of drug-likeness (QED) is 0.588. The number of nitrogens with one attached hydrogen (secondary N) is 1. The summed E-state index contributed by atoms with van der Waals surface area (Å²) in [6, 6.07) is 0. The van der Waals surface area contributed by atoms with Gasteiger partial charge in [-0.2, -0.15) is 0 Å². The summed E-state index contributed by atoms with van der Waals surface area (Å²) in [5.41, 5.74) is 0.348. The fraction of sp³-hybridized carbons (Fsp3) is 0.444. The number of H-pyrrole nitrogens is 1. The first-order chi connectivity index (χ1) is 7.04. The first-order valence-corrected chi connectivity index (χ1v) is 5.47. The summed E-state index contributed by atoms with van der Waals surface area (Å²) in [6.45, 7) is 3.60. The zero-order valence-corrected chi connectivity index (χ0v) is 9.35. The molecular formula is C9H12N2O3S. The molecule has 82 valence electrons. The van der Waals surface area contributed by atoms with Crippen LogP contribution in [0.5, 0.6) is 0 Å². The van der Waals surface area contributed by atoms with Gasteiger partial charge >= 0.3 is 5.97 Å². The second-order valence-corrected chi connectivity index (χ2v) is 4.19. The molecule has 1 aromatic rings. The molecule has 0 aliphatic rings. The maximum atomic E-state index is 11.5. The summed E-state index contributed by atoms with van der Waals surface area (Å²) >= 11 is 1.42. The molecule has 0 bridgehead atoms. The lowest BCUT2D eigenvalue weighted by Crippen LogP contribution is -2.20. The van der Waals surface area contributed by atoms with E-state index in [-0.39, 0.29) is 17.5 Å². The number of aliphatic carboxylic acids is 1. The van der Waals surface area contributed by atoms with Gasteiger partial charge in [0.15, 0.2) is 5.16 Å². The minimum atomic E-state index is -1.03. The number of hydrogen-bond acceptors (Lipinski definition) is 4. The maximum Gasteiger partial charge on any atom is 0.308 e. The van der Waals surface area contributed by atoms with Crippen molar-refractivity contribution in [3.05, 3.63) is 21.6 Å². The highest BCUT2D eigenvalue weighted by Crippen LogP contribution is 2.11. The molecule has 1 rings (SSSR count). The van der Waals surface area contributed by atoms with Crippen LogP contribution >= 0.6 is 11.8 Å². The van der Waals surface area contributed by atoms with Crippen LogP contribution in [0.4, 0.5) is 0 Å². The maximum absolute atomic E-state index is 11.5. The summed E-state index contributed by atoms with van der Waals surface area (Å²) in [7, 11) is 0. The third-order valence-electron chi connectivity index (χ3n) is 1.81. The van der Waals surface area contributed by atoms with Gasteiger partial charge in [0, 0.05) is 11.3 Å². The van der Waals surface area contributed by atoms with Crippen LogP contribution in [0.3, 0.4) is 0 Å². The van der Waals surface area contributed by atoms with Gasteiger partial charge in [0.25, 0.3) is 5.56 Å². The summed E-state index contributed by atoms with van der Waals surface area (Å²) in [5.74, 6) is -0.220. The van der Waals surface area contributed by atoms with Gasteiger partial charge in [-0.05, 0) is 12.7 Å². The molecule has 0 aliphatic carbocycles. The van der Waals surface area contributed by atoms with E-state index in [0.717, 1.165) is 5.75 Å². The Morgan fingerprint density at radius 2 is 2.27 bits per heavy atom. The van der Waals surface area contributed by atoms with Gasteiger partial charge in [0.05, 0.1) is 6.42 Å². The Kier molecular flexibility index (Phi) is 3.90. The Morgan fingerprint density at radius 3 is 2.73 bits per heavy atom. The van der Waals surface area contributed by atoms with E-state index in [0.29, 0.717) is 10.9 Å². The molecule has 0 saturated carbocycles. The number of hydrogen-bond donors (Lipinski definition) is 2. The second kappa shape index (κ2) is 4.97. The zero-order valence-electron chi connectivity index (χ0n) is 8.53. The number of nitrogens with zero attached hydrogens (tertiary/aromatic N) is 1. The molecule has 6 heteroatoms. The number of carbonyl (C=O) groups is 1. The summed E-state index contributed by atoms with van der Waals surface area (Å²) < 4.78 is 0. The van der Waals surface area contributed by atoms with Crippen LogP contribution in [-0.2, 0) is 11.2 Å². The summed E-state index contributed by atoms with van der Waals surface area (Å²) in [5, 5.41) is 9.14. The fourth-order valence-electron chi connectivity index (χ4n) is 1.15. The Labute approximate surface area is 90.9 Å². The molecule has 1 heterocycles.